The molecule has 3 heterocycles. The quantitative estimate of drug-likeness (QED) is 0.801. The lowest BCUT2D eigenvalue weighted by Gasteiger charge is -2.18. The molecule has 1 atom stereocenters. The predicted octanol–water partition coefficient (Wildman–Crippen LogP) is 2.69. The van der Waals surface area contributed by atoms with E-state index in [1.165, 1.54) is 18.5 Å². The number of anilines is 2. The lowest BCUT2D eigenvalue weighted by molar-refractivity contribution is 0.785. The average Bonchev–Trinajstić information content (AvgIpc) is 3.20. The van der Waals surface area contributed by atoms with Gasteiger partial charge < -0.3 is 10.2 Å². The second kappa shape index (κ2) is 5.47. The van der Waals surface area contributed by atoms with Crippen LogP contribution in [-0.4, -0.2) is 38.9 Å². The van der Waals surface area contributed by atoms with Crippen LogP contribution in [0.1, 0.15) is 31.0 Å². The number of rotatable bonds is 4. The van der Waals surface area contributed by atoms with Gasteiger partial charge in [-0.2, -0.15) is 4.52 Å². The molecule has 1 aliphatic heterocycles. The zero-order valence-corrected chi connectivity index (χ0v) is 13.5. The van der Waals surface area contributed by atoms with E-state index < -0.39 is 0 Å². The molecule has 3 aromatic rings. The molecule has 5 rings (SSSR count). The van der Waals surface area contributed by atoms with Crippen molar-refractivity contribution in [1.82, 2.24) is 19.8 Å². The average molecular weight is 320 g/mol. The van der Waals surface area contributed by atoms with E-state index >= 15 is 0 Å². The molecule has 6 heteroatoms. The highest BCUT2D eigenvalue weighted by molar-refractivity contribution is 5.49. The molecule has 0 spiro atoms. The summed E-state index contributed by atoms with van der Waals surface area (Å²) in [5.74, 6) is 2.58. The first-order chi connectivity index (χ1) is 11.9. The minimum Gasteiger partial charge on any atom is -0.380 e. The van der Waals surface area contributed by atoms with Crippen LogP contribution in [0.25, 0.3) is 5.65 Å². The van der Waals surface area contributed by atoms with Gasteiger partial charge in [0, 0.05) is 30.7 Å². The van der Waals surface area contributed by atoms with Gasteiger partial charge in [-0.15, -0.1) is 15.3 Å². The third kappa shape index (κ3) is 2.48. The topological polar surface area (TPSA) is 58.3 Å². The van der Waals surface area contributed by atoms with E-state index in [0.717, 1.165) is 36.8 Å². The molecular weight excluding hydrogens is 300 g/mol. The Morgan fingerprint density at radius 2 is 1.83 bits per heavy atom. The lowest BCUT2D eigenvalue weighted by Crippen LogP contribution is -2.27. The van der Waals surface area contributed by atoms with Crippen molar-refractivity contribution >= 4 is 17.2 Å². The highest BCUT2D eigenvalue weighted by atomic mass is 15.4. The molecule has 0 radical (unpaired) electrons. The number of hydrogen-bond acceptors (Lipinski definition) is 5. The van der Waals surface area contributed by atoms with E-state index in [2.05, 4.69) is 50.7 Å². The van der Waals surface area contributed by atoms with Crippen molar-refractivity contribution in [2.24, 2.45) is 0 Å². The van der Waals surface area contributed by atoms with Crippen molar-refractivity contribution in [3.63, 3.8) is 0 Å². The molecule has 2 aliphatic rings. The van der Waals surface area contributed by atoms with Gasteiger partial charge >= 0.3 is 0 Å². The van der Waals surface area contributed by atoms with Crippen LogP contribution in [0.15, 0.2) is 42.5 Å². The Kier molecular flexibility index (Phi) is 3.14. The van der Waals surface area contributed by atoms with Crippen molar-refractivity contribution in [1.29, 1.82) is 0 Å². The van der Waals surface area contributed by atoms with Gasteiger partial charge in [0.25, 0.3) is 0 Å². The second-order valence-corrected chi connectivity index (χ2v) is 6.74. The summed E-state index contributed by atoms with van der Waals surface area (Å²) in [5, 5.41) is 17.0. The van der Waals surface area contributed by atoms with Crippen LogP contribution in [-0.2, 0) is 0 Å². The normalized spacial score (nSPS) is 20.7. The molecule has 1 N–H and O–H groups in total. The summed E-state index contributed by atoms with van der Waals surface area (Å²) in [6.45, 7) is 1.98. The van der Waals surface area contributed by atoms with Gasteiger partial charge in [-0.05, 0) is 43.5 Å². The molecule has 122 valence electrons. The van der Waals surface area contributed by atoms with Crippen LogP contribution < -0.4 is 10.2 Å². The molecule has 2 aromatic heterocycles. The van der Waals surface area contributed by atoms with Gasteiger partial charge in [0.2, 0.25) is 0 Å². The van der Waals surface area contributed by atoms with E-state index in [4.69, 9.17) is 5.10 Å². The van der Waals surface area contributed by atoms with Gasteiger partial charge in [0.05, 0.1) is 0 Å². The van der Waals surface area contributed by atoms with Crippen molar-refractivity contribution in [2.75, 3.05) is 23.3 Å². The Balaban J connectivity index is 1.35. The van der Waals surface area contributed by atoms with Crippen molar-refractivity contribution in [3.8, 4) is 0 Å². The summed E-state index contributed by atoms with van der Waals surface area (Å²) in [7, 11) is 0. The SMILES string of the molecule is c1ccc(NC2CCN(c3ccc4nnc(C5CC5)n4n3)C2)cc1. The van der Waals surface area contributed by atoms with Gasteiger partial charge in [-0.25, -0.2) is 0 Å². The third-order valence-electron chi connectivity index (χ3n) is 4.87. The van der Waals surface area contributed by atoms with Crippen LogP contribution in [0.2, 0.25) is 0 Å². The number of hydrogen-bond donors (Lipinski definition) is 1. The molecule has 0 bridgehead atoms. The molecule has 0 amide bonds. The van der Waals surface area contributed by atoms with Crippen LogP contribution in [0.5, 0.6) is 0 Å². The standard InChI is InChI=1S/C18H20N6/c1-2-4-14(5-3-1)19-15-10-11-23(12-15)17-9-8-16-20-21-18(13-6-7-13)24(16)22-17/h1-5,8-9,13,15,19H,6-7,10-12H2. The lowest BCUT2D eigenvalue weighted by atomic mass is 10.2. The Bertz CT molecular complexity index is 854. The fourth-order valence-corrected chi connectivity index (χ4v) is 3.42. The number of nitrogens with one attached hydrogen (secondary N) is 1. The van der Waals surface area contributed by atoms with Gasteiger partial charge in [0.15, 0.2) is 11.5 Å². The molecule has 2 fully saturated rings. The van der Waals surface area contributed by atoms with Gasteiger partial charge in [-0.1, -0.05) is 18.2 Å². The fraction of sp³-hybridized carbons (Fsp3) is 0.389. The zero-order chi connectivity index (χ0) is 15.9. The second-order valence-electron chi connectivity index (χ2n) is 6.74. The maximum Gasteiger partial charge on any atom is 0.178 e. The smallest absolute Gasteiger partial charge is 0.178 e. The summed E-state index contributed by atoms with van der Waals surface area (Å²) in [5.41, 5.74) is 2.03. The number of nitrogens with zero attached hydrogens (tertiary/aromatic N) is 5. The highest BCUT2D eigenvalue weighted by Crippen LogP contribution is 2.38. The first kappa shape index (κ1) is 13.8. The van der Waals surface area contributed by atoms with Crippen LogP contribution >= 0.6 is 0 Å². The van der Waals surface area contributed by atoms with E-state index in [0.29, 0.717) is 12.0 Å². The zero-order valence-electron chi connectivity index (χ0n) is 13.5. The van der Waals surface area contributed by atoms with Crippen molar-refractivity contribution in [2.45, 2.75) is 31.2 Å². The maximum atomic E-state index is 4.81. The molecular formula is C18H20N6. The largest absolute Gasteiger partial charge is 0.380 e. The monoisotopic (exact) mass is 320 g/mol. The van der Waals surface area contributed by atoms with Crippen LogP contribution in [0.4, 0.5) is 11.5 Å². The Labute approximate surface area is 140 Å². The first-order valence-electron chi connectivity index (χ1n) is 8.66. The summed E-state index contributed by atoms with van der Waals surface area (Å²) in [6.07, 6.45) is 3.53. The number of aromatic nitrogens is 4. The van der Waals surface area contributed by atoms with E-state index in [1.807, 2.05) is 16.6 Å². The number of para-hydroxylation sites is 1. The molecule has 24 heavy (non-hydrogen) atoms. The van der Waals surface area contributed by atoms with E-state index in [9.17, 15) is 0 Å². The van der Waals surface area contributed by atoms with Gasteiger partial charge in [-0.3, -0.25) is 0 Å². The number of fused-ring (bicyclic) bond motifs is 1. The predicted molar refractivity (Wildman–Crippen MR) is 93.4 cm³/mol. The summed E-state index contributed by atoms with van der Waals surface area (Å²) in [4.78, 5) is 2.34. The minimum atomic E-state index is 0.453. The Morgan fingerprint density at radius 1 is 0.958 bits per heavy atom. The van der Waals surface area contributed by atoms with E-state index in [-0.39, 0.29) is 0 Å². The highest BCUT2D eigenvalue weighted by Gasteiger charge is 2.30. The molecule has 1 saturated heterocycles. The molecule has 1 aliphatic carbocycles. The Morgan fingerprint density at radius 3 is 2.67 bits per heavy atom. The van der Waals surface area contributed by atoms with Gasteiger partial charge in [0.1, 0.15) is 5.82 Å². The van der Waals surface area contributed by atoms with E-state index in [1.54, 1.807) is 0 Å². The van der Waals surface area contributed by atoms with Crippen LogP contribution in [0.3, 0.4) is 0 Å². The van der Waals surface area contributed by atoms with Crippen molar-refractivity contribution < 1.29 is 0 Å². The van der Waals surface area contributed by atoms with Crippen LogP contribution in [0, 0.1) is 0 Å². The first-order valence-corrected chi connectivity index (χ1v) is 8.66. The molecule has 1 aromatic carbocycles. The summed E-state index contributed by atoms with van der Waals surface area (Å²) < 4.78 is 1.94. The maximum absolute atomic E-state index is 4.81. The number of benzene rings is 1. The summed E-state index contributed by atoms with van der Waals surface area (Å²) >= 11 is 0. The minimum absolute atomic E-state index is 0.453. The molecule has 1 unspecified atom stereocenters. The third-order valence-corrected chi connectivity index (χ3v) is 4.87. The molecule has 6 nitrogen and oxygen atoms in total. The Hall–Kier alpha value is -2.63. The fourth-order valence-electron chi connectivity index (χ4n) is 3.42. The molecule has 1 saturated carbocycles. The van der Waals surface area contributed by atoms with Crippen molar-refractivity contribution in [3.05, 3.63) is 48.3 Å². The summed E-state index contributed by atoms with van der Waals surface area (Å²) in [6, 6.07) is 14.9.